The number of benzene rings is 1. The highest BCUT2D eigenvalue weighted by molar-refractivity contribution is 5.88. The van der Waals surface area contributed by atoms with E-state index in [1.807, 2.05) is 6.20 Å². The molecular weight excluding hydrogens is 258 g/mol. The van der Waals surface area contributed by atoms with Crippen molar-refractivity contribution < 1.29 is 15.0 Å². The van der Waals surface area contributed by atoms with Crippen LogP contribution in [0, 0.1) is 0 Å². The molecule has 0 radical (unpaired) electrons. The summed E-state index contributed by atoms with van der Waals surface area (Å²) < 4.78 is 1.76. The fourth-order valence-electron chi connectivity index (χ4n) is 1.89. The fourth-order valence-corrected chi connectivity index (χ4v) is 1.89. The van der Waals surface area contributed by atoms with Crippen molar-refractivity contribution in [1.82, 2.24) is 15.0 Å². The van der Waals surface area contributed by atoms with Crippen LogP contribution in [0.2, 0.25) is 0 Å². The molecule has 2 aromatic rings. The lowest BCUT2D eigenvalue weighted by Crippen LogP contribution is -1.99. The summed E-state index contributed by atoms with van der Waals surface area (Å²) in [6.07, 6.45) is 4.55. The molecule has 0 aliphatic heterocycles. The van der Waals surface area contributed by atoms with Crippen LogP contribution in [0.25, 0.3) is 11.3 Å². The lowest BCUT2D eigenvalue weighted by molar-refractivity contribution is 0.0697. The number of unbranched alkanes of at least 4 members (excludes halogenated alkanes) is 2. The molecular formula is C14H17N3O3. The third-order valence-electron chi connectivity index (χ3n) is 3.01. The standard InChI is InChI=1S/C14H17N3O3/c18-9-3-1-2-8-17-10-13(15-16-17)11-4-6-12(7-5-11)14(19)20/h4-7,10,18H,1-3,8-9H2,(H,19,20). The second-order valence-electron chi connectivity index (χ2n) is 4.53. The Kier molecular flexibility index (Phi) is 4.84. The van der Waals surface area contributed by atoms with Crippen molar-refractivity contribution in [2.45, 2.75) is 25.8 Å². The van der Waals surface area contributed by atoms with Crippen molar-refractivity contribution in [3.05, 3.63) is 36.0 Å². The number of aliphatic hydroxyl groups is 1. The van der Waals surface area contributed by atoms with Crippen LogP contribution in [0.15, 0.2) is 30.5 Å². The normalized spacial score (nSPS) is 10.7. The minimum atomic E-state index is -0.941. The number of rotatable bonds is 7. The van der Waals surface area contributed by atoms with Gasteiger partial charge in [-0.1, -0.05) is 17.3 Å². The Hall–Kier alpha value is -2.21. The van der Waals surface area contributed by atoms with E-state index in [1.165, 1.54) is 0 Å². The number of aromatic carboxylic acids is 1. The molecule has 0 unspecified atom stereocenters. The van der Waals surface area contributed by atoms with Gasteiger partial charge in [0.15, 0.2) is 0 Å². The predicted octanol–water partition coefficient (Wildman–Crippen LogP) is 1.81. The van der Waals surface area contributed by atoms with E-state index in [2.05, 4.69) is 10.3 Å². The van der Waals surface area contributed by atoms with Crippen molar-refractivity contribution in [2.24, 2.45) is 0 Å². The maximum Gasteiger partial charge on any atom is 0.335 e. The first-order chi connectivity index (χ1) is 9.70. The molecule has 0 aliphatic carbocycles. The van der Waals surface area contributed by atoms with Crippen LogP contribution in [0.3, 0.4) is 0 Å². The van der Waals surface area contributed by atoms with Gasteiger partial charge in [-0.3, -0.25) is 4.68 Å². The van der Waals surface area contributed by atoms with Gasteiger partial charge in [-0.15, -0.1) is 5.10 Å². The van der Waals surface area contributed by atoms with E-state index in [4.69, 9.17) is 10.2 Å². The van der Waals surface area contributed by atoms with Gasteiger partial charge in [0, 0.05) is 18.7 Å². The largest absolute Gasteiger partial charge is 0.478 e. The molecule has 0 atom stereocenters. The van der Waals surface area contributed by atoms with Gasteiger partial charge in [-0.25, -0.2) is 4.79 Å². The van der Waals surface area contributed by atoms with E-state index in [9.17, 15) is 4.79 Å². The van der Waals surface area contributed by atoms with Crippen molar-refractivity contribution in [2.75, 3.05) is 6.61 Å². The molecule has 0 aliphatic rings. The molecule has 2 rings (SSSR count). The number of nitrogens with zero attached hydrogens (tertiary/aromatic N) is 3. The Morgan fingerprint density at radius 2 is 1.90 bits per heavy atom. The highest BCUT2D eigenvalue weighted by Gasteiger charge is 2.06. The van der Waals surface area contributed by atoms with Crippen LogP contribution in [-0.2, 0) is 6.54 Å². The first-order valence-corrected chi connectivity index (χ1v) is 6.55. The van der Waals surface area contributed by atoms with Crippen LogP contribution < -0.4 is 0 Å². The molecule has 1 aromatic carbocycles. The van der Waals surface area contributed by atoms with Crippen LogP contribution in [-0.4, -0.2) is 37.8 Å². The Morgan fingerprint density at radius 3 is 2.55 bits per heavy atom. The van der Waals surface area contributed by atoms with E-state index < -0.39 is 5.97 Å². The number of carboxylic acid groups (broad SMARTS) is 1. The van der Waals surface area contributed by atoms with Gasteiger partial charge in [0.05, 0.1) is 11.8 Å². The average Bonchev–Trinajstić information content (AvgIpc) is 2.92. The number of carbonyl (C=O) groups is 1. The third kappa shape index (κ3) is 3.64. The Balaban J connectivity index is 1.99. The van der Waals surface area contributed by atoms with Crippen molar-refractivity contribution >= 4 is 5.97 Å². The summed E-state index contributed by atoms with van der Waals surface area (Å²) in [5.41, 5.74) is 1.82. The highest BCUT2D eigenvalue weighted by atomic mass is 16.4. The zero-order valence-electron chi connectivity index (χ0n) is 11.1. The van der Waals surface area contributed by atoms with Crippen LogP contribution >= 0.6 is 0 Å². The number of hydrogen-bond donors (Lipinski definition) is 2. The number of carboxylic acids is 1. The first kappa shape index (κ1) is 14.2. The number of aryl methyl sites for hydroxylation is 1. The van der Waals surface area contributed by atoms with Gasteiger partial charge in [0.25, 0.3) is 0 Å². The molecule has 0 saturated heterocycles. The summed E-state index contributed by atoms with van der Waals surface area (Å²) in [4.78, 5) is 10.8. The maximum absolute atomic E-state index is 10.8. The molecule has 2 N–H and O–H groups in total. The quantitative estimate of drug-likeness (QED) is 0.752. The van der Waals surface area contributed by atoms with Gasteiger partial charge in [0.2, 0.25) is 0 Å². The Bertz CT molecular complexity index is 563. The molecule has 106 valence electrons. The van der Waals surface area contributed by atoms with E-state index in [0.717, 1.165) is 37.1 Å². The zero-order chi connectivity index (χ0) is 14.4. The van der Waals surface area contributed by atoms with Crippen molar-refractivity contribution in [1.29, 1.82) is 0 Å². The topological polar surface area (TPSA) is 88.2 Å². The molecule has 0 spiro atoms. The lowest BCUT2D eigenvalue weighted by atomic mass is 10.1. The summed E-state index contributed by atoms with van der Waals surface area (Å²) >= 11 is 0. The summed E-state index contributed by atoms with van der Waals surface area (Å²) in [5, 5.41) is 25.7. The Morgan fingerprint density at radius 1 is 1.15 bits per heavy atom. The molecule has 1 aromatic heterocycles. The molecule has 20 heavy (non-hydrogen) atoms. The minimum Gasteiger partial charge on any atom is -0.478 e. The van der Waals surface area contributed by atoms with Crippen LogP contribution in [0.1, 0.15) is 29.6 Å². The third-order valence-corrected chi connectivity index (χ3v) is 3.01. The van der Waals surface area contributed by atoms with E-state index >= 15 is 0 Å². The molecule has 0 amide bonds. The summed E-state index contributed by atoms with van der Waals surface area (Å²) in [6.45, 7) is 0.985. The van der Waals surface area contributed by atoms with Gasteiger partial charge in [-0.05, 0) is 31.4 Å². The van der Waals surface area contributed by atoms with E-state index in [1.54, 1.807) is 28.9 Å². The summed E-state index contributed by atoms with van der Waals surface area (Å²) in [6, 6.07) is 6.56. The molecule has 0 saturated carbocycles. The molecule has 6 heteroatoms. The molecule has 0 bridgehead atoms. The minimum absolute atomic E-state index is 0.221. The monoisotopic (exact) mass is 275 g/mol. The van der Waals surface area contributed by atoms with Gasteiger partial charge in [-0.2, -0.15) is 0 Å². The summed E-state index contributed by atoms with van der Waals surface area (Å²) in [7, 11) is 0. The smallest absolute Gasteiger partial charge is 0.335 e. The second-order valence-corrected chi connectivity index (χ2v) is 4.53. The van der Waals surface area contributed by atoms with E-state index in [0.29, 0.717) is 0 Å². The number of aliphatic hydroxyl groups excluding tert-OH is 1. The average molecular weight is 275 g/mol. The van der Waals surface area contributed by atoms with Crippen LogP contribution in [0.5, 0.6) is 0 Å². The maximum atomic E-state index is 10.8. The SMILES string of the molecule is O=C(O)c1ccc(-c2cn(CCCCCO)nn2)cc1. The van der Waals surface area contributed by atoms with Gasteiger partial charge >= 0.3 is 5.97 Å². The predicted molar refractivity (Wildman–Crippen MR) is 73.4 cm³/mol. The summed E-state index contributed by atoms with van der Waals surface area (Å²) in [5.74, 6) is -0.941. The van der Waals surface area contributed by atoms with Crippen LogP contribution in [0.4, 0.5) is 0 Å². The second kappa shape index (κ2) is 6.81. The fraction of sp³-hybridized carbons (Fsp3) is 0.357. The number of hydrogen-bond acceptors (Lipinski definition) is 4. The number of aromatic nitrogens is 3. The van der Waals surface area contributed by atoms with Crippen molar-refractivity contribution in [3.63, 3.8) is 0 Å². The van der Waals surface area contributed by atoms with Crippen molar-refractivity contribution in [3.8, 4) is 11.3 Å². The molecule has 6 nitrogen and oxygen atoms in total. The Labute approximate surface area is 116 Å². The molecule has 1 heterocycles. The molecule has 0 fully saturated rings. The first-order valence-electron chi connectivity index (χ1n) is 6.55. The van der Waals surface area contributed by atoms with Gasteiger partial charge < -0.3 is 10.2 Å². The zero-order valence-corrected chi connectivity index (χ0v) is 11.1. The van der Waals surface area contributed by atoms with E-state index in [-0.39, 0.29) is 12.2 Å². The lowest BCUT2D eigenvalue weighted by Gasteiger charge is -1.99. The van der Waals surface area contributed by atoms with Gasteiger partial charge in [0.1, 0.15) is 5.69 Å². The highest BCUT2D eigenvalue weighted by Crippen LogP contribution is 2.17.